The molecule has 0 saturated heterocycles. The Labute approximate surface area is 87.6 Å². The van der Waals surface area contributed by atoms with Crippen molar-refractivity contribution in [2.24, 2.45) is 0 Å². The lowest BCUT2D eigenvalue weighted by Gasteiger charge is -2.06. The smallest absolute Gasteiger partial charge is 0.412 e. The van der Waals surface area contributed by atoms with E-state index in [0.717, 1.165) is 0 Å². The Kier molecular flexibility index (Phi) is 4.43. The number of aliphatic hydroxyl groups is 1. The third kappa shape index (κ3) is 3.86. The summed E-state index contributed by atoms with van der Waals surface area (Å²) in [7, 11) is 1.53. The van der Waals surface area contributed by atoms with Gasteiger partial charge < -0.3 is 19.9 Å². The Hall–Kier alpha value is -1.75. The number of carbonyl (C=O) groups excluding carboxylic acids is 1. The highest BCUT2D eigenvalue weighted by atomic mass is 16.6. The molecular weight excluding hydrogens is 198 g/mol. The Morgan fingerprint density at radius 2 is 2.20 bits per heavy atom. The second kappa shape index (κ2) is 5.87. The highest BCUT2D eigenvalue weighted by Gasteiger charge is 2.03. The van der Waals surface area contributed by atoms with Gasteiger partial charge >= 0.3 is 6.09 Å². The Morgan fingerprint density at radius 1 is 1.47 bits per heavy atom. The molecule has 1 aromatic carbocycles. The van der Waals surface area contributed by atoms with E-state index in [1.54, 1.807) is 24.3 Å². The SMILES string of the molecule is COc1cccc(OC(=O)NCCO)c1. The zero-order valence-corrected chi connectivity index (χ0v) is 8.40. The van der Waals surface area contributed by atoms with Crippen LogP contribution in [0.3, 0.4) is 0 Å². The molecule has 0 atom stereocenters. The fourth-order valence-corrected chi connectivity index (χ4v) is 0.966. The summed E-state index contributed by atoms with van der Waals surface area (Å²) in [4.78, 5) is 11.1. The van der Waals surface area contributed by atoms with Gasteiger partial charge in [-0.3, -0.25) is 0 Å². The molecule has 1 rings (SSSR count). The molecule has 2 N–H and O–H groups in total. The number of ether oxygens (including phenoxy) is 2. The van der Waals surface area contributed by atoms with Crippen molar-refractivity contribution < 1.29 is 19.4 Å². The molecule has 1 aromatic rings. The number of rotatable bonds is 4. The van der Waals surface area contributed by atoms with E-state index < -0.39 is 6.09 Å². The molecule has 0 aromatic heterocycles. The molecule has 0 aliphatic heterocycles. The van der Waals surface area contributed by atoms with Crippen LogP contribution < -0.4 is 14.8 Å². The van der Waals surface area contributed by atoms with Crippen LogP contribution in [0.25, 0.3) is 0 Å². The van der Waals surface area contributed by atoms with E-state index in [2.05, 4.69) is 5.32 Å². The number of carbonyl (C=O) groups is 1. The molecule has 0 aliphatic rings. The number of hydrogen-bond donors (Lipinski definition) is 2. The van der Waals surface area contributed by atoms with Crippen molar-refractivity contribution in [3.8, 4) is 11.5 Å². The van der Waals surface area contributed by atoms with Gasteiger partial charge in [0, 0.05) is 12.6 Å². The lowest BCUT2D eigenvalue weighted by Crippen LogP contribution is -2.29. The Morgan fingerprint density at radius 3 is 2.87 bits per heavy atom. The molecule has 0 bridgehead atoms. The molecule has 0 radical (unpaired) electrons. The molecule has 5 nitrogen and oxygen atoms in total. The minimum absolute atomic E-state index is 0.118. The number of benzene rings is 1. The largest absolute Gasteiger partial charge is 0.497 e. The molecule has 0 spiro atoms. The van der Waals surface area contributed by atoms with Gasteiger partial charge in [-0.25, -0.2) is 4.79 Å². The molecular formula is C10H13NO4. The van der Waals surface area contributed by atoms with Gasteiger partial charge in [-0.1, -0.05) is 6.07 Å². The predicted molar refractivity (Wildman–Crippen MR) is 54.1 cm³/mol. The fraction of sp³-hybridized carbons (Fsp3) is 0.300. The molecule has 5 heteroatoms. The summed E-state index contributed by atoms with van der Waals surface area (Å²) in [5, 5.41) is 10.8. The zero-order chi connectivity index (χ0) is 11.1. The highest BCUT2D eigenvalue weighted by Crippen LogP contribution is 2.18. The monoisotopic (exact) mass is 211 g/mol. The summed E-state index contributed by atoms with van der Waals surface area (Å²) >= 11 is 0. The first-order valence-corrected chi connectivity index (χ1v) is 4.47. The van der Waals surface area contributed by atoms with Gasteiger partial charge in [0.25, 0.3) is 0 Å². The van der Waals surface area contributed by atoms with Crippen LogP contribution in [0.2, 0.25) is 0 Å². The summed E-state index contributed by atoms with van der Waals surface area (Å²) in [6, 6.07) is 6.70. The summed E-state index contributed by atoms with van der Waals surface area (Å²) in [5.41, 5.74) is 0. The second-order valence-corrected chi connectivity index (χ2v) is 2.72. The van der Waals surface area contributed by atoms with Crippen LogP contribution in [0, 0.1) is 0 Å². The van der Waals surface area contributed by atoms with Crippen LogP contribution in [-0.2, 0) is 0 Å². The molecule has 0 aliphatic carbocycles. The van der Waals surface area contributed by atoms with Crippen molar-refractivity contribution in [3.63, 3.8) is 0 Å². The average Bonchev–Trinajstić information content (AvgIpc) is 2.26. The maximum Gasteiger partial charge on any atom is 0.412 e. The maximum absolute atomic E-state index is 11.1. The Balaban J connectivity index is 2.52. The van der Waals surface area contributed by atoms with Crippen molar-refractivity contribution in [1.29, 1.82) is 0 Å². The first kappa shape index (κ1) is 11.3. The quantitative estimate of drug-likeness (QED) is 0.772. The first-order chi connectivity index (χ1) is 7.26. The highest BCUT2D eigenvalue weighted by molar-refractivity contribution is 5.70. The van der Waals surface area contributed by atoms with Crippen LogP contribution >= 0.6 is 0 Å². The van der Waals surface area contributed by atoms with Crippen LogP contribution in [0.1, 0.15) is 0 Å². The van der Waals surface area contributed by atoms with Crippen LogP contribution in [-0.4, -0.2) is 31.5 Å². The molecule has 0 fully saturated rings. The van der Waals surface area contributed by atoms with Crippen molar-refractivity contribution in [3.05, 3.63) is 24.3 Å². The molecule has 1 amide bonds. The third-order valence-corrected chi connectivity index (χ3v) is 1.63. The van der Waals surface area contributed by atoms with Gasteiger partial charge in [-0.05, 0) is 12.1 Å². The van der Waals surface area contributed by atoms with Gasteiger partial charge in [-0.15, -0.1) is 0 Å². The fourth-order valence-electron chi connectivity index (χ4n) is 0.966. The number of methoxy groups -OCH3 is 1. The van der Waals surface area contributed by atoms with E-state index in [9.17, 15) is 4.79 Å². The second-order valence-electron chi connectivity index (χ2n) is 2.72. The summed E-state index contributed by atoms with van der Waals surface area (Å²) in [6.45, 7) is 0.0516. The van der Waals surface area contributed by atoms with Gasteiger partial charge in [0.2, 0.25) is 0 Å². The van der Waals surface area contributed by atoms with Crippen molar-refractivity contribution in [1.82, 2.24) is 5.32 Å². The summed E-state index contributed by atoms with van der Waals surface area (Å²) in [5.74, 6) is 1.01. The van der Waals surface area contributed by atoms with Gasteiger partial charge in [0.15, 0.2) is 0 Å². The standard InChI is InChI=1S/C10H13NO4/c1-14-8-3-2-4-9(7-8)15-10(13)11-5-6-12/h2-4,7,12H,5-6H2,1H3,(H,11,13). The zero-order valence-electron chi connectivity index (χ0n) is 8.40. The normalized spacial score (nSPS) is 9.47. The number of hydrogen-bond acceptors (Lipinski definition) is 4. The van der Waals surface area contributed by atoms with Crippen LogP contribution in [0.4, 0.5) is 4.79 Å². The van der Waals surface area contributed by atoms with E-state index in [4.69, 9.17) is 14.6 Å². The maximum atomic E-state index is 11.1. The molecule has 0 saturated carbocycles. The lowest BCUT2D eigenvalue weighted by atomic mass is 10.3. The lowest BCUT2D eigenvalue weighted by molar-refractivity contribution is 0.195. The van der Waals surface area contributed by atoms with E-state index in [1.165, 1.54) is 7.11 Å². The molecule has 0 heterocycles. The minimum atomic E-state index is -0.600. The van der Waals surface area contributed by atoms with Gasteiger partial charge in [0.05, 0.1) is 13.7 Å². The predicted octanol–water partition coefficient (Wildman–Crippen LogP) is 0.776. The molecule has 0 unspecified atom stereocenters. The van der Waals surface area contributed by atoms with E-state index in [0.29, 0.717) is 11.5 Å². The third-order valence-electron chi connectivity index (χ3n) is 1.63. The van der Waals surface area contributed by atoms with Gasteiger partial charge in [-0.2, -0.15) is 0 Å². The minimum Gasteiger partial charge on any atom is -0.497 e. The summed E-state index contributed by atoms with van der Waals surface area (Å²) in [6.07, 6.45) is -0.600. The van der Waals surface area contributed by atoms with Crippen LogP contribution in [0.15, 0.2) is 24.3 Å². The van der Waals surface area contributed by atoms with E-state index >= 15 is 0 Å². The van der Waals surface area contributed by atoms with E-state index in [-0.39, 0.29) is 13.2 Å². The topological polar surface area (TPSA) is 67.8 Å². The molecule has 15 heavy (non-hydrogen) atoms. The molecule has 82 valence electrons. The van der Waals surface area contributed by atoms with Crippen LogP contribution in [0.5, 0.6) is 11.5 Å². The van der Waals surface area contributed by atoms with Crippen molar-refractivity contribution >= 4 is 6.09 Å². The van der Waals surface area contributed by atoms with E-state index in [1.807, 2.05) is 0 Å². The Bertz CT molecular complexity index is 327. The average molecular weight is 211 g/mol. The first-order valence-electron chi connectivity index (χ1n) is 4.47. The number of nitrogens with one attached hydrogen (secondary N) is 1. The van der Waals surface area contributed by atoms with Crippen molar-refractivity contribution in [2.75, 3.05) is 20.3 Å². The number of aliphatic hydroxyl groups excluding tert-OH is 1. The van der Waals surface area contributed by atoms with Gasteiger partial charge in [0.1, 0.15) is 11.5 Å². The summed E-state index contributed by atoms with van der Waals surface area (Å²) < 4.78 is 9.88. The van der Waals surface area contributed by atoms with Crippen molar-refractivity contribution in [2.45, 2.75) is 0 Å². The number of amides is 1.